The van der Waals surface area contributed by atoms with Crippen molar-refractivity contribution in [2.24, 2.45) is 9.98 Å². The van der Waals surface area contributed by atoms with E-state index in [0.29, 0.717) is 22.6 Å². The number of amides is 2. The Balaban J connectivity index is 1.30. The zero-order valence-corrected chi connectivity index (χ0v) is 19.9. The lowest BCUT2D eigenvalue weighted by Gasteiger charge is -2.27. The summed E-state index contributed by atoms with van der Waals surface area (Å²) < 4.78 is 0. The summed E-state index contributed by atoms with van der Waals surface area (Å²) in [6, 6.07) is 10.9. The molecule has 176 valence electrons. The standard InChI is InChI=1S/C25H28N6O2S/c1-3-18(14-21-23(32)31-25(33)34-21)29-24(26-2)30-20-11-9-19(10-12-20)28-15-17-7-4-6-16-8-5-13-27-22(16)17/h3-8,13-14,19-20,28H,2,9-12,15H2,1H3,(H,29,30)(H,31,32,33)/b18-3-,21-14-. The number of hydrogen-bond acceptors (Lipinski definition) is 6. The van der Waals surface area contributed by atoms with Gasteiger partial charge in [0, 0.05) is 29.9 Å². The van der Waals surface area contributed by atoms with Crippen molar-refractivity contribution in [1.29, 1.82) is 0 Å². The number of benzene rings is 1. The van der Waals surface area contributed by atoms with Crippen molar-refractivity contribution in [2.75, 3.05) is 0 Å². The minimum absolute atomic E-state index is 0.154. The number of rotatable bonds is 6. The van der Waals surface area contributed by atoms with Gasteiger partial charge in [0.15, 0.2) is 0 Å². The van der Waals surface area contributed by atoms with Crippen molar-refractivity contribution in [3.63, 3.8) is 0 Å². The van der Waals surface area contributed by atoms with Crippen LogP contribution in [-0.2, 0) is 11.3 Å². The molecule has 2 heterocycles. The fourth-order valence-electron chi connectivity index (χ4n) is 4.14. The van der Waals surface area contributed by atoms with E-state index in [0.717, 1.165) is 54.9 Å². The number of thioether (sulfide) groups is 1. The Morgan fingerprint density at radius 3 is 2.74 bits per heavy atom. The molecular formula is C25H28N6O2S. The molecule has 0 unspecified atom stereocenters. The smallest absolute Gasteiger partial charge is 0.290 e. The molecule has 8 nitrogen and oxygen atoms in total. The van der Waals surface area contributed by atoms with Crippen molar-refractivity contribution < 1.29 is 9.59 Å². The first-order valence-electron chi connectivity index (χ1n) is 11.3. The molecule has 0 spiro atoms. The van der Waals surface area contributed by atoms with E-state index in [1.165, 1.54) is 5.56 Å². The first-order valence-corrected chi connectivity index (χ1v) is 12.2. The van der Waals surface area contributed by atoms with Gasteiger partial charge in [-0.25, -0.2) is 9.98 Å². The number of allylic oxidation sites excluding steroid dienone is 2. The van der Waals surface area contributed by atoms with E-state index >= 15 is 0 Å². The number of nitrogens with zero attached hydrogens (tertiary/aromatic N) is 3. The van der Waals surface area contributed by atoms with Crippen molar-refractivity contribution in [2.45, 2.75) is 51.2 Å². The highest BCUT2D eigenvalue weighted by Gasteiger charge is 2.25. The van der Waals surface area contributed by atoms with Gasteiger partial charge < -0.3 is 10.6 Å². The van der Waals surface area contributed by atoms with Gasteiger partial charge in [-0.05, 0) is 68.8 Å². The first-order chi connectivity index (χ1) is 16.6. The first kappa shape index (κ1) is 23.8. The van der Waals surface area contributed by atoms with Crippen LogP contribution in [0.2, 0.25) is 0 Å². The van der Waals surface area contributed by atoms with Crippen molar-refractivity contribution >= 4 is 46.5 Å². The van der Waals surface area contributed by atoms with Gasteiger partial charge >= 0.3 is 0 Å². The van der Waals surface area contributed by atoms with Crippen LogP contribution in [0.25, 0.3) is 10.9 Å². The van der Waals surface area contributed by atoms with Gasteiger partial charge in [-0.1, -0.05) is 30.3 Å². The molecule has 1 aliphatic carbocycles. The predicted octanol–water partition coefficient (Wildman–Crippen LogP) is 4.05. The Labute approximate surface area is 203 Å². The average Bonchev–Trinajstić information content (AvgIpc) is 3.18. The second kappa shape index (κ2) is 11.2. The molecule has 9 heteroatoms. The van der Waals surface area contributed by atoms with Gasteiger partial charge in [-0.2, -0.15) is 0 Å². The molecule has 2 aromatic rings. The lowest BCUT2D eigenvalue weighted by molar-refractivity contribution is -0.115. The highest BCUT2D eigenvalue weighted by atomic mass is 32.2. The molecule has 0 atom stereocenters. The Morgan fingerprint density at radius 2 is 2.03 bits per heavy atom. The van der Waals surface area contributed by atoms with Gasteiger partial charge in [0.25, 0.3) is 11.1 Å². The number of guanidine groups is 1. The lowest BCUT2D eigenvalue weighted by Crippen LogP contribution is -2.34. The third kappa shape index (κ3) is 5.98. The summed E-state index contributed by atoms with van der Waals surface area (Å²) in [4.78, 5) is 36.8. The number of para-hydroxylation sites is 1. The number of carbonyl (C=O) groups is 2. The van der Waals surface area contributed by atoms with Crippen LogP contribution >= 0.6 is 11.8 Å². The molecule has 0 radical (unpaired) electrons. The fourth-order valence-corrected chi connectivity index (χ4v) is 4.82. The molecule has 1 aliphatic heterocycles. The number of aliphatic imine (C=N–C) groups is 2. The van der Waals surface area contributed by atoms with E-state index in [2.05, 4.69) is 56.9 Å². The van der Waals surface area contributed by atoms with Crippen molar-refractivity contribution in [3.8, 4) is 0 Å². The summed E-state index contributed by atoms with van der Waals surface area (Å²) in [5, 5.41) is 9.84. The monoisotopic (exact) mass is 476 g/mol. The quantitative estimate of drug-likeness (QED) is 0.330. The molecule has 2 amide bonds. The van der Waals surface area contributed by atoms with Gasteiger partial charge in [0.1, 0.15) is 0 Å². The number of carbonyl (C=O) groups excluding carboxylic acids is 2. The van der Waals surface area contributed by atoms with Crippen molar-refractivity contribution in [1.82, 2.24) is 20.9 Å². The molecule has 0 bridgehead atoms. The maximum absolute atomic E-state index is 11.8. The summed E-state index contributed by atoms with van der Waals surface area (Å²) >= 11 is 0.875. The van der Waals surface area contributed by atoms with E-state index in [-0.39, 0.29) is 11.3 Å². The summed E-state index contributed by atoms with van der Waals surface area (Å²) in [6.45, 7) is 6.26. The number of imide groups is 1. The van der Waals surface area contributed by atoms with Gasteiger partial charge in [0.05, 0.1) is 16.5 Å². The molecule has 34 heavy (non-hydrogen) atoms. The topological polar surface area (TPSA) is 108 Å². The van der Waals surface area contributed by atoms with E-state index in [1.54, 1.807) is 12.2 Å². The molecule has 4 rings (SSSR count). The van der Waals surface area contributed by atoms with E-state index in [1.807, 2.05) is 19.2 Å². The largest absolute Gasteiger partial charge is 0.325 e. The average molecular weight is 477 g/mol. The second-order valence-electron chi connectivity index (χ2n) is 8.21. The number of pyridine rings is 1. The Hall–Kier alpha value is -3.30. The third-order valence-electron chi connectivity index (χ3n) is 5.94. The maximum atomic E-state index is 11.8. The fraction of sp³-hybridized carbons (Fsp3) is 0.320. The normalized spacial score (nSPS) is 22.8. The molecule has 2 aliphatic rings. The molecule has 2 fully saturated rings. The minimum atomic E-state index is -0.397. The Morgan fingerprint density at radius 1 is 1.24 bits per heavy atom. The molecular weight excluding hydrogens is 448 g/mol. The lowest BCUT2D eigenvalue weighted by atomic mass is 9.91. The van der Waals surface area contributed by atoms with Gasteiger partial charge in [0.2, 0.25) is 5.96 Å². The van der Waals surface area contributed by atoms with E-state index < -0.39 is 5.91 Å². The van der Waals surface area contributed by atoms with E-state index in [9.17, 15) is 9.59 Å². The number of aromatic nitrogens is 1. The van der Waals surface area contributed by atoms with Crippen LogP contribution in [0.5, 0.6) is 0 Å². The summed E-state index contributed by atoms with van der Waals surface area (Å²) in [7, 11) is 0. The van der Waals surface area contributed by atoms with Gasteiger partial charge in [-0.15, -0.1) is 0 Å². The number of hydrogen-bond donors (Lipinski definition) is 3. The molecule has 1 saturated carbocycles. The predicted molar refractivity (Wildman–Crippen MR) is 138 cm³/mol. The van der Waals surface area contributed by atoms with E-state index in [4.69, 9.17) is 4.99 Å². The van der Waals surface area contributed by atoms with Crippen LogP contribution in [0, 0.1) is 0 Å². The second-order valence-corrected chi connectivity index (χ2v) is 9.23. The number of nitrogens with one attached hydrogen (secondary N) is 3. The van der Waals surface area contributed by atoms with Crippen LogP contribution in [0.4, 0.5) is 4.79 Å². The van der Waals surface area contributed by atoms with Crippen LogP contribution in [-0.4, -0.2) is 40.9 Å². The number of fused-ring (bicyclic) bond motifs is 1. The zero-order valence-electron chi connectivity index (χ0n) is 19.1. The summed E-state index contributed by atoms with van der Waals surface area (Å²) in [6.07, 6.45) is 9.20. The maximum Gasteiger partial charge on any atom is 0.290 e. The summed E-state index contributed by atoms with van der Waals surface area (Å²) in [5.41, 5.74) is 2.90. The Kier molecular flexibility index (Phi) is 7.87. The summed E-state index contributed by atoms with van der Waals surface area (Å²) in [5.74, 6) is 0.0178. The Bertz CT molecular complexity index is 1180. The molecule has 1 aromatic heterocycles. The highest BCUT2D eigenvalue weighted by molar-refractivity contribution is 8.18. The minimum Gasteiger partial charge on any atom is -0.325 e. The zero-order chi connectivity index (χ0) is 23.9. The highest BCUT2D eigenvalue weighted by Crippen LogP contribution is 2.25. The van der Waals surface area contributed by atoms with Crippen LogP contribution in [0.15, 0.2) is 69.3 Å². The molecule has 3 N–H and O–H groups in total. The van der Waals surface area contributed by atoms with Crippen LogP contribution < -0.4 is 16.0 Å². The SMILES string of the molecule is C=NC(=NC1CCC(NCc2cccc3cccnc23)CC1)NC(=C\C)/C=C1\SC(=O)NC1=O. The van der Waals surface area contributed by atoms with Gasteiger partial charge in [-0.3, -0.25) is 19.9 Å². The third-order valence-corrected chi connectivity index (χ3v) is 6.76. The molecule has 1 saturated heterocycles. The van der Waals surface area contributed by atoms with Crippen molar-refractivity contribution in [3.05, 3.63) is 64.8 Å². The molecule has 1 aromatic carbocycles. The van der Waals surface area contributed by atoms with Crippen LogP contribution in [0.1, 0.15) is 38.2 Å². The van der Waals surface area contributed by atoms with Crippen LogP contribution in [0.3, 0.4) is 0 Å².